The Kier molecular flexibility index (Phi) is 10.1. The van der Waals surface area contributed by atoms with E-state index in [0.29, 0.717) is 60.8 Å². The number of sulfone groups is 1. The van der Waals surface area contributed by atoms with Crippen LogP contribution in [-0.4, -0.2) is 113 Å². The highest BCUT2D eigenvalue weighted by Gasteiger charge is 2.35. The highest BCUT2D eigenvalue weighted by Crippen LogP contribution is 2.26. The number of benzene rings is 1. The zero-order chi connectivity index (χ0) is 26.3. The van der Waals surface area contributed by atoms with Crippen LogP contribution in [0.5, 0.6) is 5.75 Å². The zero-order valence-electron chi connectivity index (χ0n) is 21.3. The molecule has 2 fully saturated rings. The van der Waals surface area contributed by atoms with Gasteiger partial charge in [0.2, 0.25) is 0 Å². The summed E-state index contributed by atoms with van der Waals surface area (Å²) in [5, 5.41) is 15.3. The topological polar surface area (TPSA) is 138 Å². The van der Waals surface area contributed by atoms with E-state index in [0.717, 1.165) is 13.1 Å². The molecule has 2 aliphatic heterocycles. The van der Waals surface area contributed by atoms with Crippen molar-refractivity contribution in [3.63, 3.8) is 0 Å². The van der Waals surface area contributed by atoms with Gasteiger partial charge >= 0.3 is 6.09 Å². The van der Waals surface area contributed by atoms with E-state index in [1.54, 1.807) is 33.1 Å². The number of Topliss-reactive ketones (excluding diaryl/α,β-unsaturated/α-hetero) is 1. The maximum Gasteiger partial charge on any atom is 0.407 e. The summed E-state index contributed by atoms with van der Waals surface area (Å²) in [6.07, 6.45) is 0.524. The van der Waals surface area contributed by atoms with Crippen LogP contribution in [-0.2, 0) is 19.4 Å². The number of hydrogen-bond acceptors (Lipinski definition) is 9. The maximum atomic E-state index is 12.9. The number of amides is 1. The number of carboxylic acid groups (broad SMARTS) is 1. The van der Waals surface area contributed by atoms with Gasteiger partial charge in [-0.1, -0.05) is 0 Å². The Bertz CT molecular complexity index is 1000. The average Bonchev–Trinajstić information content (AvgIpc) is 2.85. The Labute approximate surface area is 213 Å². The second-order valence-corrected chi connectivity index (χ2v) is 11.3. The number of methoxy groups -OCH3 is 1. The molecule has 2 heterocycles. The van der Waals surface area contributed by atoms with Crippen molar-refractivity contribution in [3.8, 4) is 5.75 Å². The lowest BCUT2D eigenvalue weighted by molar-refractivity contribution is -0.131. The van der Waals surface area contributed by atoms with E-state index in [-0.39, 0.29) is 37.0 Å². The smallest absolute Gasteiger partial charge is 0.407 e. The summed E-state index contributed by atoms with van der Waals surface area (Å²) in [5.41, 5.74) is 1.27. The Balaban J connectivity index is 1.43. The van der Waals surface area contributed by atoms with Crippen LogP contribution in [0, 0.1) is 13.8 Å². The van der Waals surface area contributed by atoms with E-state index in [1.807, 2.05) is 0 Å². The van der Waals surface area contributed by atoms with Crippen LogP contribution in [0.2, 0.25) is 0 Å². The summed E-state index contributed by atoms with van der Waals surface area (Å²) in [6, 6.07) is 3.27. The third-order valence-electron chi connectivity index (χ3n) is 6.80. The maximum absolute atomic E-state index is 12.9. The minimum atomic E-state index is -3.54. The van der Waals surface area contributed by atoms with Gasteiger partial charge in [-0.2, -0.15) is 0 Å². The molecule has 36 heavy (non-hydrogen) atoms. The summed E-state index contributed by atoms with van der Waals surface area (Å²) in [4.78, 5) is 28.0. The van der Waals surface area contributed by atoms with Crippen molar-refractivity contribution >= 4 is 21.7 Å². The van der Waals surface area contributed by atoms with Gasteiger partial charge in [-0.05, 0) is 49.9 Å². The van der Waals surface area contributed by atoms with Crippen LogP contribution in [0.4, 0.5) is 4.79 Å². The number of piperazine rings is 1. The summed E-state index contributed by atoms with van der Waals surface area (Å²) in [5.74, 6) is 0.362. The lowest BCUT2D eigenvalue weighted by Crippen LogP contribution is -2.60. The van der Waals surface area contributed by atoms with Gasteiger partial charge < -0.3 is 30.1 Å². The van der Waals surface area contributed by atoms with Gasteiger partial charge in [-0.3, -0.25) is 9.69 Å². The number of nitrogens with zero attached hydrogens (tertiary/aromatic N) is 2. The molecule has 2 aliphatic rings. The molecule has 12 heteroatoms. The summed E-state index contributed by atoms with van der Waals surface area (Å²) in [7, 11) is -2.00. The van der Waals surface area contributed by atoms with Gasteiger partial charge in [-0.15, -0.1) is 0 Å². The fraction of sp³-hybridized carbons (Fsp3) is 0.667. The Hall–Kier alpha value is -2.25. The van der Waals surface area contributed by atoms with Gasteiger partial charge in [0, 0.05) is 45.3 Å². The average molecular weight is 527 g/mol. The molecule has 3 N–H and O–H groups in total. The van der Waals surface area contributed by atoms with Crippen molar-refractivity contribution in [3.05, 3.63) is 23.3 Å². The molecule has 1 atom stereocenters. The first kappa shape index (κ1) is 28.3. The van der Waals surface area contributed by atoms with Crippen LogP contribution in [0.15, 0.2) is 17.0 Å². The van der Waals surface area contributed by atoms with Crippen LogP contribution in [0.3, 0.4) is 0 Å². The molecule has 3 rings (SSSR count). The molecule has 1 aromatic rings. The SMILES string of the molecule is COc1cc(C)c(S(=O)(=O)CNCCOCC(=O)C2CNCCN2C2CCN(C(=O)O)CC2)c(C)c1. The number of piperidine rings is 1. The molecule has 0 aliphatic carbocycles. The highest BCUT2D eigenvalue weighted by molar-refractivity contribution is 7.91. The first-order chi connectivity index (χ1) is 17.1. The molecule has 0 spiro atoms. The minimum absolute atomic E-state index is 0.0278. The molecule has 0 saturated carbocycles. The van der Waals surface area contributed by atoms with E-state index < -0.39 is 15.9 Å². The first-order valence-electron chi connectivity index (χ1n) is 12.3. The number of likely N-dealkylation sites (tertiary alicyclic amines) is 1. The van der Waals surface area contributed by atoms with E-state index in [4.69, 9.17) is 14.6 Å². The van der Waals surface area contributed by atoms with Crippen molar-refractivity contribution in [1.82, 2.24) is 20.4 Å². The quantitative estimate of drug-likeness (QED) is 0.352. The minimum Gasteiger partial charge on any atom is -0.497 e. The predicted molar refractivity (Wildman–Crippen MR) is 134 cm³/mol. The van der Waals surface area contributed by atoms with E-state index in [9.17, 15) is 18.0 Å². The summed E-state index contributed by atoms with van der Waals surface area (Å²) < 4.78 is 36.4. The van der Waals surface area contributed by atoms with Crippen molar-refractivity contribution in [1.29, 1.82) is 0 Å². The second kappa shape index (κ2) is 12.8. The molecule has 1 amide bonds. The number of rotatable bonds is 11. The van der Waals surface area contributed by atoms with Crippen molar-refractivity contribution in [2.45, 2.75) is 43.7 Å². The molecular formula is C24H38N4O7S. The largest absolute Gasteiger partial charge is 0.497 e. The van der Waals surface area contributed by atoms with E-state index in [2.05, 4.69) is 15.5 Å². The number of carbonyl (C=O) groups excluding carboxylic acids is 1. The Morgan fingerprint density at radius 3 is 2.44 bits per heavy atom. The number of hydrogen-bond donors (Lipinski definition) is 3. The van der Waals surface area contributed by atoms with Gasteiger partial charge in [0.15, 0.2) is 15.6 Å². The predicted octanol–water partition coefficient (Wildman–Crippen LogP) is 0.635. The van der Waals surface area contributed by atoms with Crippen LogP contribution in [0.25, 0.3) is 0 Å². The Morgan fingerprint density at radius 1 is 1.17 bits per heavy atom. The summed E-state index contributed by atoms with van der Waals surface area (Å²) in [6.45, 7) is 6.95. The lowest BCUT2D eigenvalue weighted by atomic mass is 9.98. The molecule has 11 nitrogen and oxygen atoms in total. The van der Waals surface area contributed by atoms with Crippen molar-refractivity contribution in [2.24, 2.45) is 0 Å². The lowest BCUT2D eigenvalue weighted by Gasteiger charge is -2.43. The molecule has 202 valence electrons. The standard InChI is InChI=1S/C24H38N4O7S/c1-17-12-20(34-3)13-18(2)23(17)36(32,33)16-26-7-11-35-15-22(29)21-14-25-6-10-28(21)19-4-8-27(9-5-19)24(30)31/h12-13,19,21,25-26H,4-11,14-16H2,1-3H3,(H,30,31). The number of aryl methyl sites for hydroxylation is 2. The third-order valence-corrected chi connectivity index (χ3v) is 8.65. The van der Waals surface area contributed by atoms with Gasteiger partial charge in [0.05, 0.1) is 24.7 Å². The van der Waals surface area contributed by atoms with Crippen LogP contribution < -0.4 is 15.4 Å². The van der Waals surface area contributed by atoms with Crippen LogP contribution >= 0.6 is 0 Å². The molecule has 0 bridgehead atoms. The number of ketones is 1. The van der Waals surface area contributed by atoms with Gasteiger partial charge in [-0.25, -0.2) is 13.2 Å². The van der Waals surface area contributed by atoms with E-state index >= 15 is 0 Å². The number of nitrogens with one attached hydrogen (secondary N) is 2. The monoisotopic (exact) mass is 526 g/mol. The molecule has 2 saturated heterocycles. The fourth-order valence-electron chi connectivity index (χ4n) is 5.06. The molecule has 1 aromatic carbocycles. The van der Waals surface area contributed by atoms with Crippen molar-refractivity contribution < 1.29 is 32.6 Å². The summed E-state index contributed by atoms with van der Waals surface area (Å²) >= 11 is 0. The Morgan fingerprint density at radius 2 is 1.83 bits per heavy atom. The fourth-order valence-corrected chi connectivity index (χ4v) is 6.71. The number of ether oxygens (including phenoxy) is 2. The third kappa shape index (κ3) is 7.16. The van der Waals surface area contributed by atoms with Gasteiger partial charge in [0.25, 0.3) is 0 Å². The molecular weight excluding hydrogens is 488 g/mol. The molecule has 0 aromatic heterocycles. The highest BCUT2D eigenvalue weighted by atomic mass is 32.2. The number of carbonyl (C=O) groups is 2. The zero-order valence-corrected chi connectivity index (χ0v) is 22.1. The van der Waals surface area contributed by atoms with E-state index in [1.165, 1.54) is 4.90 Å². The molecule has 0 radical (unpaired) electrons. The normalized spacial score (nSPS) is 19.9. The van der Waals surface area contributed by atoms with Crippen molar-refractivity contribution in [2.75, 3.05) is 65.5 Å². The second-order valence-electron chi connectivity index (χ2n) is 9.33. The first-order valence-corrected chi connectivity index (χ1v) is 13.9. The molecule has 1 unspecified atom stereocenters. The van der Waals surface area contributed by atoms with Crippen LogP contribution in [0.1, 0.15) is 24.0 Å². The van der Waals surface area contributed by atoms with Gasteiger partial charge in [0.1, 0.15) is 18.2 Å².